The van der Waals surface area contributed by atoms with Gasteiger partial charge in [-0.15, -0.1) is 5.06 Å². The Morgan fingerprint density at radius 3 is 1.64 bits per heavy atom. The topological polar surface area (TPSA) is 178 Å². The molecule has 5 aliphatic heterocycles. The minimum atomic E-state index is -0.719. The van der Waals surface area contributed by atoms with Gasteiger partial charge in [0.15, 0.2) is 23.0 Å². The Morgan fingerprint density at radius 2 is 1.15 bits per heavy atom. The van der Waals surface area contributed by atoms with Crippen molar-refractivity contribution in [3.05, 3.63) is 124 Å². The summed E-state index contributed by atoms with van der Waals surface area (Å²) in [4.78, 5) is 85.2. The SMILES string of the molecule is COc1cc2c(cc1OCc1cc(COc3cc4c(cc3OC)C(=O)N3c5ccccc5C[C@H]3C=N4)cc(N(C)C(C)(C)CCOC(C)(C)CCC(=O)ON3C(=O)CCC3=O)c1)N=C[C@@H]1Cc3ccccc3N1C2=O. The number of aliphatic imine (C=N–C) groups is 2. The first-order valence-corrected chi connectivity index (χ1v) is 25.2. The summed E-state index contributed by atoms with van der Waals surface area (Å²) in [5, 5.41) is 0.560. The van der Waals surface area contributed by atoms with Crippen LogP contribution in [0.15, 0.2) is 101 Å². The van der Waals surface area contributed by atoms with Gasteiger partial charge < -0.3 is 33.4 Å². The van der Waals surface area contributed by atoms with Crippen LogP contribution in [0.2, 0.25) is 0 Å². The standard InChI is InChI=1S/C58H60N6O11/c1-57(2,20-21-74-58(3,4)19-18-54(67)75-64-52(65)16-17-53(64)66)61(5)39-23-35(33-72-50-29-44-42(27-48(50)70-6)55(68)62-40(31-59-44)25-37-12-8-10-14-46(37)62)22-36(24-39)34-73-51-30-45-43(28-49(51)71-7)56(69)63-41(32-60-45)26-38-13-9-11-15-47(38)63/h8-15,22-24,27-32,40-41H,16-21,25-26,33-34H2,1-7H3/t40-,41-/m0/s1. The van der Waals surface area contributed by atoms with Gasteiger partial charge >= 0.3 is 5.97 Å². The average Bonchev–Trinajstić information content (AvgIpc) is 4.02. The van der Waals surface area contributed by atoms with Gasteiger partial charge in [-0.1, -0.05) is 36.4 Å². The van der Waals surface area contributed by atoms with E-state index in [0.717, 1.165) is 39.3 Å². The number of benzene rings is 5. The summed E-state index contributed by atoms with van der Waals surface area (Å²) in [5.74, 6) is -0.434. The number of anilines is 3. The third-order valence-corrected chi connectivity index (χ3v) is 14.7. The zero-order chi connectivity index (χ0) is 52.8. The average molecular weight is 1020 g/mol. The van der Waals surface area contributed by atoms with Crippen molar-refractivity contribution in [3.63, 3.8) is 0 Å². The highest BCUT2D eigenvalue weighted by molar-refractivity contribution is 6.16. The molecule has 10 rings (SSSR count). The minimum Gasteiger partial charge on any atom is -0.493 e. The van der Waals surface area contributed by atoms with Crippen molar-refractivity contribution in [2.75, 3.05) is 42.6 Å². The highest BCUT2D eigenvalue weighted by atomic mass is 16.7. The van der Waals surface area contributed by atoms with Crippen LogP contribution in [0, 0.1) is 0 Å². The smallest absolute Gasteiger partial charge is 0.333 e. The molecule has 0 bridgehead atoms. The zero-order valence-corrected chi connectivity index (χ0v) is 43.2. The maximum Gasteiger partial charge on any atom is 0.333 e. The Balaban J connectivity index is 0.883. The lowest BCUT2D eigenvalue weighted by atomic mass is 9.96. The summed E-state index contributed by atoms with van der Waals surface area (Å²) in [7, 11) is 5.09. The van der Waals surface area contributed by atoms with Crippen LogP contribution in [-0.2, 0) is 50.0 Å². The molecule has 1 fully saturated rings. The number of hydrogen-bond acceptors (Lipinski definition) is 14. The maximum atomic E-state index is 14.1. The van der Waals surface area contributed by atoms with Crippen LogP contribution in [-0.4, -0.2) is 98.2 Å². The van der Waals surface area contributed by atoms with Gasteiger partial charge in [0, 0.05) is 86.5 Å². The molecule has 0 aromatic heterocycles. The van der Waals surface area contributed by atoms with E-state index >= 15 is 0 Å². The van der Waals surface area contributed by atoms with Crippen molar-refractivity contribution in [2.24, 2.45) is 9.98 Å². The highest BCUT2D eigenvalue weighted by Gasteiger charge is 2.39. The normalized spacial score (nSPS) is 17.4. The second kappa shape index (κ2) is 20.3. The molecule has 0 spiro atoms. The van der Waals surface area contributed by atoms with Crippen molar-refractivity contribution in [1.82, 2.24) is 5.06 Å². The molecule has 0 radical (unpaired) electrons. The van der Waals surface area contributed by atoms with E-state index < -0.39 is 28.9 Å². The summed E-state index contributed by atoms with van der Waals surface area (Å²) in [5.41, 5.74) is 7.04. The number of carbonyl (C=O) groups is 5. The third-order valence-electron chi connectivity index (χ3n) is 14.7. The summed E-state index contributed by atoms with van der Waals surface area (Å²) in [6, 6.07) is 28.4. The second-order valence-corrected chi connectivity index (χ2v) is 20.6. The molecule has 1 saturated heterocycles. The molecular formula is C58H60N6O11. The summed E-state index contributed by atoms with van der Waals surface area (Å²) < 4.78 is 31.2. The quantitative estimate of drug-likeness (QED) is 0.0761. The molecule has 4 amide bonds. The number of amides is 4. The van der Waals surface area contributed by atoms with Gasteiger partial charge in [-0.25, -0.2) is 4.79 Å². The van der Waals surface area contributed by atoms with E-state index in [9.17, 15) is 24.0 Å². The predicted octanol–water partition coefficient (Wildman–Crippen LogP) is 9.22. The Hall–Kier alpha value is -8.05. The van der Waals surface area contributed by atoms with E-state index in [1.54, 1.807) is 48.3 Å². The van der Waals surface area contributed by atoms with Gasteiger partial charge in [-0.2, -0.15) is 0 Å². The van der Waals surface area contributed by atoms with Crippen molar-refractivity contribution in [1.29, 1.82) is 0 Å². The van der Waals surface area contributed by atoms with E-state index in [-0.39, 0.29) is 56.4 Å². The molecule has 5 heterocycles. The summed E-state index contributed by atoms with van der Waals surface area (Å²) >= 11 is 0. The maximum absolute atomic E-state index is 14.1. The van der Waals surface area contributed by atoms with E-state index in [1.165, 1.54) is 0 Å². The highest BCUT2D eigenvalue weighted by Crippen LogP contribution is 2.43. The van der Waals surface area contributed by atoms with E-state index in [0.29, 0.717) is 82.9 Å². The van der Waals surface area contributed by atoms with Crippen molar-refractivity contribution >= 4 is 70.5 Å². The molecule has 75 heavy (non-hydrogen) atoms. The number of ether oxygens (including phenoxy) is 5. The van der Waals surface area contributed by atoms with Gasteiger partial charge in [0.1, 0.15) is 13.2 Å². The Bertz CT molecular complexity index is 3010. The molecule has 0 N–H and O–H groups in total. The monoisotopic (exact) mass is 1020 g/mol. The van der Waals surface area contributed by atoms with Gasteiger partial charge in [-0.3, -0.25) is 39.0 Å². The van der Waals surface area contributed by atoms with Gasteiger partial charge in [-0.05, 0) is 105 Å². The lowest BCUT2D eigenvalue weighted by Crippen LogP contribution is -2.43. The van der Waals surface area contributed by atoms with Gasteiger partial charge in [0.25, 0.3) is 23.6 Å². The number of rotatable bonds is 18. The van der Waals surface area contributed by atoms with E-state index in [4.69, 9.17) is 38.5 Å². The fraction of sp³-hybridized carbons (Fsp3) is 0.362. The molecule has 5 aromatic carbocycles. The number of fused-ring (bicyclic) bond motifs is 8. The Kier molecular flexibility index (Phi) is 13.7. The summed E-state index contributed by atoms with van der Waals surface area (Å²) in [6.45, 7) is 8.57. The molecule has 5 aromatic rings. The molecule has 0 aliphatic carbocycles. The van der Waals surface area contributed by atoms with Crippen LogP contribution < -0.4 is 33.6 Å². The van der Waals surface area contributed by atoms with Crippen molar-refractivity contribution in [2.45, 2.75) is 109 Å². The van der Waals surface area contributed by atoms with Crippen LogP contribution in [0.1, 0.15) is 103 Å². The van der Waals surface area contributed by atoms with Crippen LogP contribution >= 0.6 is 0 Å². The second-order valence-electron chi connectivity index (χ2n) is 20.6. The molecule has 388 valence electrons. The van der Waals surface area contributed by atoms with E-state index in [2.05, 4.69) is 30.9 Å². The Morgan fingerprint density at radius 1 is 0.653 bits per heavy atom. The van der Waals surface area contributed by atoms with Crippen LogP contribution in [0.5, 0.6) is 23.0 Å². The number of para-hydroxylation sites is 2. The number of methoxy groups -OCH3 is 2. The molecule has 17 heteroatoms. The van der Waals surface area contributed by atoms with Crippen molar-refractivity contribution < 1.29 is 52.5 Å². The fourth-order valence-electron chi connectivity index (χ4n) is 10.2. The predicted molar refractivity (Wildman–Crippen MR) is 282 cm³/mol. The van der Waals surface area contributed by atoms with Crippen LogP contribution in [0.25, 0.3) is 0 Å². The molecular weight excluding hydrogens is 957 g/mol. The minimum absolute atomic E-state index is 0.0269. The molecule has 0 unspecified atom stereocenters. The zero-order valence-electron chi connectivity index (χ0n) is 43.2. The number of carbonyl (C=O) groups excluding carboxylic acids is 5. The van der Waals surface area contributed by atoms with Crippen LogP contribution in [0.4, 0.5) is 28.4 Å². The number of hydroxylamine groups is 2. The number of nitrogens with zero attached hydrogens (tertiary/aromatic N) is 6. The first-order valence-electron chi connectivity index (χ1n) is 25.2. The molecule has 17 nitrogen and oxygen atoms in total. The molecule has 2 atom stereocenters. The lowest BCUT2D eigenvalue weighted by Gasteiger charge is -2.39. The number of imide groups is 1. The third kappa shape index (κ3) is 10.2. The molecule has 0 saturated carbocycles. The van der Waals surface area contributed by atoms with E-state index in [1.807, 2.05) is 87.9 Å². The Labute approximate surface area is 435 Å². The fourth-order valence-corrected chi connectivity index (χ4v) is 10.2. The largest absolute Gasteiger partial charge is 0.493 e. The van der Waals surface area contributed by atoms with Crippen molar-refractivity contribution in [3.8, 4) is 23.0 Å². The first kappa shape index (κ1) is 50.5. The summed E-state index contributed by atoms with van der Waals surface area (Å²) in [6.07, 6.45) is 5.90. The number of hydrogen-bond donors (Lipinski definition) is 0. The van der Waals surface area contributed by atoms with Gasteiger partial charge in [0.05, 0.1) is 60.8 Å². The molecule has 5 aliphatic rings. The first-order chi connectivity index (χ1) is 36.0. The van der Waals surface area contributed by atoms with Gasteiger partial charge in [0.2, 0.25) is 0 Å². The van der Waals surface area contributed by atoms with Crippen LogP contribution in [0.3, 0.4) is 0 Å². The lowest BCUT2D eigenvalue weighted by molar-refractivity contribution is -0.198.